The molecule has 0 radical (unpaired) electrons. The molecule has 0 unspecified atom stereocenters. The van der Waals surface area contributed by atoms with Gasteiger partial charge in [-0.05, 0) is 23.3 Å². The Hall–Kier alpha value is -1.51. The van der Waals surface area contributed by atoms with Crippen LogP contribution in [0.2, 0.25) is 0 Å². The van der Waals surface area contributed by atoms with Gasteiger partial charge < -0.3 is 0 Å². The summed E-state index contributed by atoms with van der Waals surface area (Å²) in [5.74, 6) is 0. The van der Waals surface area contributed by atoms with Crippen LogP contribution in [0.15, 0.2) is 24.4 Å². The lowest BCUT2D eigenvalue weighted by molar-refractivity contribution is 0.894. The molecule has 3 heteroatoms. The van der Waals surface area contributed by atoms with E-state index in [0.29, 0.717) is 0 Å². The van der Waals surface area contributed by atoms with Crippen molar-refractivity contribution in [2.45, 2.75) is 13.3 Å². The first kappa shape index (κ1) is 7.16. The van der Waals surface area contributed by atoms with Crippen molar-refractivity contribution < 1.29 is 0 Å². The third-order valence-corrected chi connectivity index (χ3v) is 1.90. The molecule has 2 aromatic rings. The van der Waals surface area contributed by atoms with E-state index in [-0.39, 0.29) is 0 Å². The quantitative estimate of drug-likeness (QED) is 0.634. The van der Waals surface area contributed by atoms with Crippen LogP contribution in [-0.4, -0.2) is 15.4 Å². The molecular weight excluding hydrogens is 150 g/mol. The van der Waals surface area contributed by atoms with E-state index in [4.69, 9.17) is 0 Å². The molecule has 3 nitrogen and oxygen atoms in total. The Morgan fingerprint density at radius 2 is 2.25 bits per heavy atom. The highest BCUT2D eigenvalue weighted by molar-refractivity contribution is 5.77. The normalized spacial score (nSPS) is 10.4. The number of nitrogens with zero attached hydrogens (tertiary/aromatic N) is 3. The maximum absolute atomic E-state index is 3.93. The zero-order chi connectivity index (χ0) is 8.39. The summed E-state index contributed by atoms with van der Waals surface area (Å²) in [6, 6.07) is 6.16. The van der Waals surface area contributed by atoms with Gasteiger partial charge in [0.25, 0.3) is 0 Å². The van der Waals surface area contributed by atoms with Gasteiger partial charge in [-0.15, -0.1) is 10.2 Å². The lowest BCUT2D eigenvalue weighted by Crippen LogP contribution is -1.88. The van der Waals surface area contributed by atoms with E-state index >= 15 is 0 Å². The molecular formula is C9H9N3. The Kier molecular flexibility index (Phi) is 1.70. The Morgan fingerprint density at radius 3 is 3.08 bits per heavy atom. The average molecular weight is 159 g/mol. The summed E-state index contributed by atoms with van der Waals surface area (Å²) < 4.78 is 0. The molecule has 0 N–H and O–H groups in total. The van der Waals surface area contributed by atoms with Gasteiger partial charge in [0, 0.05) is 5.39 Å². The Balaban J connectivity index is 2.67. The highest BCUT2D eigenvalue weighted by atomic mass is 15.3. The number of benzene rings is 1. The molecule has 0 atom stereocenters. The summed E-state index contributed by atoms with van der Waals surface area (Å²) in [5.41, 5.74) is 2.20. The first-order chi connectivity index (χ1) is 5.90. The molecule has 0 spiro atoms. The standard InChI is InChI=1S/C9H9N3/c1-2-7-3-4-8-6-10-12-11-9(8)5-7/h3-6H,2H2,1H3. The van der Waals surface area contributed by atoms with Crippen LogP contribution in [0, 0.1) is 0 Å². The van der Waals surface area contributed by atoms with Gasteiger partial charge in [0.1, 0.15) is 0 Å². The molecule has 0 saturated carbocycles. The summed E-state index contributed by atoms with van der Waals surface area (Å²) >= 11 is 0. The van der Waals surface area contributed by atoms with Crippen molar-refractivity contribution in [2.75, 3.05) is 0 Å². The topological polar surface area (TPSA) is 38.7 Å². The van der Waals surface area contributed by atoms with E-state index in [1.165, 1.54) is 5.56 Å². The van der Waals surface area contributed by atoms with E-state index in [9.17, 15) is 0 Å². The molecule has 0 saturated heterocycles. The van der Waals surface area contributed by atoms with Crippen LogP contribution in [-0.2, 0) is 6.42 Å². The minimum absolute atomic E-state index is 0.921. The maximum Gasteiger partial charge on any atom is 0.0966 e. The Morgan fingerprint density at radius 1 is 1.33 bits per heavy atom. The van der Waals surface area contributed by atoms with Gasteiger partial charge in [-0.2, -0.15) is 0 Å². The number of hydrogen-bond donors (Lipinski definition) is 0. The smallest absolute Gasteiger partial charge is 0.0966 e. The summed E-state index contributed by atoms with van der Waals surface area (Å²) in [7, 11) is 0. The highest BCUT2D eigenvalue weighted by Gasteiger charge is 1.95. The first-order valence-electron chi connectivity index (χ1n) is 3.97. The second-order valence-corrected chi connectivity index (χ2v) is 2.68. The molecule has 12 heavy (non-hydrogen) atoms. The van der Waals surface area contributed by atoms with E-state index in [1.54, 1.807) is 6.20 Å². The van der Waals surface area contributed by atoms with Gasteiger partial charge >= 0.3 is 0 Å². The molecule has 1 aromatic carbocycles. The average Bonchev–Trinajstić information content (AvgIpc) is 2.17. The molecule has 0 amide bonds. The predicted octanol–water partition coefficient (Wildman–Crippen LogP) is 1.59. The molecule has 0 aliphatic carbocycles. The second kappa shape index (κ2) is 2.85. The van der Waals surface area contributed by atoms with E-state index in [1.807, 2.05) is 12.1 Å². The van der Waals surface area contributed by atoms with Crippen LogP contribution in [0.4, 0.5) is 0 Å². The van der Waals surface area contributed by atoms with Crippen molar-refractivity contribution >= 4 is 10.9 Å². The van der Waals surface area contributed by atoms with Crippen LogP contribution in [0.5, 0.6) is 0 Å². The molecule has 1 heterocycles. The minimum Gasteiger partial charge on any atom is -0.138 e. The summed E-state index contributed by atoms with van der Waals surface area (Å²) in [6.07, 6.45) is 2.75. The third-order valence-electron chi connectivity index (χ3n) is 1.90. The molecule has 60 valence electrons. The summed E-state index contributed by atoms with van der Waals surface area (Å²) in [4.78, 5) is 0. The second-order valence-electron chi connectivity index (χ2n) is 2.68. The molecule has 0 bridgehead atoms. The fraction of sp³-hybridized carbons (Fsp3) is 0.222. The van der Waals surface area contributed by atoms with Crippen LogP contribution >= 0.6 is 0 Å². The number of rotatable bonds is 1. The third kappa shape index (κ3) is 1.13. The Bertz CT molecular complexity index is 398. The SMILES string of the molecule is CCc1ccc2cnnnc2c1. The van der Waals surface area contributed by atoms with Crippen molar-refractivity contribution in [2.24, 2.45) is 0 Å². The summed E-state index contributed by atoms with van der Waals surface area (Å²) in [6.45, 7) is 2.12. The van der Waals surface area contributed by atoms with Crippen molar-refractivity contribution in [1.29, 1.82) is 0 Å². The van der Waals surface area contributed by atoms with Gasteiger partial charge in [-0.3, -0.25) is 0 Å². The molecule has 0 aliphatic heterocycles. The zero-order valence-electron chi connectivity index (χ0n) is 6.86. The van der Waals surface area contributed by atoms with E-state index in [2.05, 4.69) is 28.4 Å². The predicted molar refractivity (Wildman–Crippen MR) is 46.7 cm³/mol. The van der Waals surface area contributed by atoms with Crippen LogP contribution in [0.25, 0.3) is 10.9 Å². The van der Waals surface area contributed by atoms with Gasteiger partial charge in [-0.1, -0.05) is 19.1 Å². The van der Waals surface area contributed by atoms with E-state index < -0.39 is 0 Å². The Labute approximate surface area is 70.4 Å². The lowest BCUT2D eigenvalue weighted by Gasteiger charge is -1.97. The van der Waals surface area contributed by atoms with Gasteiger partial charge in [-0.25, -0.2) is 0 Å². The largest absolute Gasteiger partial charge is 0.138 e. The lowest BCUT2D eigenvalue weighted by atomic mass is 10.1. The first-order valence-corrected chi connectivity index (χ1v) is 3.97. The van der Waals surface area contributed by atoms with Crippen LogP contribution in [0.1, 0.15) is 12.5 Å². The fourth-order valence-electron chi connectivity index (χ4n) is 1.17. The van der Waals surface area contributed by atoms with Crippen LogP contribution < -0.4 is 0 Å². The monoisotopic (exact) mass is 159 g/mol. The van der Waals surface area contributed by atoms with Crippen molar-refractivity contribution in [3.63, 3.8) is 0 Å². The van der Waals surface area contributed by atoms with Crippen molar-refractivity contribution in [1.82, 2.24) is 15.4 Å². The summed E-state index contributed by atoms with van der Waals surface area (Å²) in [5, 5.41) is 12.3. The molecule has 1 aromatic heterocycles. The van der Waals surface area contributed by atoms with Crippen molar-refractivity contribution in [3.05, 3.63) is 30.0 Å². The fourth-order valence-corrected chi connectivity index (χ4v) is 1.17. The van der Waals surface area contributed by atoms with Gasteiger partial charge in [0.2, 0.25) is 0 Å². The number of fused-ring (bicyclic) bond motifs is 1. The number of hydrogen-bond acceptors (Lipinski definition) is 3. The number of aromatic nitrogens is 3. The van der Waals surface area contributed by atoms with Crippen LogP contribution in [0.3, 0.4) is 0 Å². The molecule has 2 rings (SSSR count). The zero-order valence-corrected chi connectivity index (χ0v) is 6.86. The number of aryl methyl sites for hydroxylation is 1. The minimum atomic E-state index is 0.921. The molecule has 0 aliphatic rings. The van der Waals surface area contributed by atoms with Gasteiger partial charge in [0.15, 0.2) is 0 Å². The molecule has 0 fully saturated rings. The van der Waals surface area contributed by atoms with Crippen molar-refractivity contribution in [3.8, 4) is 0 Å². The highest BCUT2D eigenvalue weighted by Crippen LogP contribution is 2.11. The maximum atomic E-state index is 3.93. The van der Waals surface area contributed by atoms with E-state index in [0.717, 1.165) is 17.3 Å². The van der Waals surface area contributed by atoms with Gasteiger partial charge in [0.05, 0.1) is 11.7 Å².